The highest BCUT2D eigenvalue weighted by Crippen LogP contribution is 2.30. The Bertz CT molecular complexity index is 1050. The normalized spacial score (nSPS) is 10.9. The molecule has 0 aliphatic heterocycles. The molecule has 0 aliphatic carbocycles. The molecule has 168 valence electrons. The van der Waals surface area contributed by atoms with Gasteiger partial charge in [0.1, 0.15) is 0 Å². The number of aryl methyl sites for hydroxylation is 2. The summed E-state index contributed by atoms with van der Waals surface area (Å²) in [7, 11) is 0. The predicted molar refractivity (Wildman–Crippen MR) is 131 cm³/mol. The summed E-state index contributed by atoms with van der Waals surface area (Å²) < 4.78 is 0. The molecule has 4 nitrogen and oxygen atoms in total. The molecule has 0 radical (unpaired) electrons. The van der Waals surface area contributed by atoms with Gasteiger partial charge < -0.3 is 5.11 Å². The fourth-order valence-electron chi connectivity index (χ4n) is 4.48. The Morgan fingerprint density at radius 3 is 2.12 bits per heavy atom. The maximum atomic E-state index is 12.3. The van der Waals surface area contributed by atoms with E-state index in [9.17, 15) is 9.90 Å². The summed E-state index contributed by atoms with van der Waals surface area (Å²) in [6.07, 6.45) is 2.97. The first-order valence-corrected chi connectivity index (χ1v) is 11.3. The topological polar surface area (TPSA) is 58.6 Å². The van der Waals surface area contributed by atoms with E-state index in [1.165, 1.54) is 27.8 Å². The third-order valence-corrected chi connectivity index (χ3v) is 6.13. The number of carboxylic acid groups (broad SMARTS) is 1. The summed E-state index contributed by atoms with van der Waals surface area (Å²) in [5.74, 6) is -0.867. The maximum Gasteiger partial charge on any atom is 0.335 e. The van der Waals surface area contributed by atoms with Gasteiger partial charge in [-0.25, -0.2) is 4.79 Å². The van der Waals surface area contributed by atoms with Crippen LogP contribution in [0, 0.1) is 13.8 Å². The van der Waals surface area contributed by atoms with Crippen LogP contribution in [0.1, 0.15) is 63.1 Å². The van der Waals surface area contributed by atoms with Gasteiger partial charge in [-0.1, -0.05) is 50.2 Å². The minimum Gasteiger partial charge on any atom is -0.478 e. The molecule has 0 saturated heterocycles. The smallest absolute Gasteiger partial charge is 0.335 e. The first-order chi connectivity index (χ1) is 15.5. The first kappa shape index (κ1) is 23.6. The van der Waals surface area contributed by atoms with Crippen molar-refractivity contribution in [3.05, 3.63) is 99.1 Å². The average molecular weight is 432 g/mol. The molecule has 0 aromatic heterocycles. The number of anilines is 1. The van der Waals surface area contributed by atoms with Gasteiger partial charge in [-0.15, -0.1) is 0 Å². The minimum absolute atomic E-state index is 0.410. The number of rotatable bonds is 10. The molecule has 0 bridgehead atoms. The predicted octanol–water partition coefficient (Wildman–Crippen LogP) is 6.30. The van der Waals surface area contributed by atoms with Crippen molar-refractivity contribution >= 4 is 11.7 Å². The average Bonchev–Trinajstić information content (AvgIpc) is 2.79. The quantitative estimate of drug-likeness (QED) is 0.292. The van der Waals surface area contributed by atoms with Crippen LogP contribution in [0.5, 0.6) is 0 Å². The summed E-state index contributed by atoms with van der Waals surface area (Å²) in [5, 5.41) is 10.1. The van der Waals surface area contributed by atoms with Crippen molar-refractivity contribution in [1.29, 1.82) is 0 Å². The number of carboxylic acids is 1. The SMILES string of the molecule is CCc1c(CCONc2ccccc2)cc(C(=O)O)c(Cc2c(C)cccc2C)c1CC. The van der Waals surface area contributed by atoms with E-state index in [0.29, 0.717) is 25.0 Å². The molecule has 0 heterocycles. The molecule has 2 N–H and O–H groups in total. The van der Waals surface area contributed by atoms with Crippen LogP contribution in [0.2, 0.25) is 0 Å². The van der Waals surface area contributed by atoms with Crippen LogP contribution in [-0.4, -0.2) is 17.7 Å². The fourth-order valence-corrected chi connectivity index (χ4v) is 4.48. The lowest BCUT2D eigenvalue weighted by Crippen LogP contribution is -2.14. The Balaban J connectivity index is 1.92. The lowest BCUT2D eigenvalue weighted by molar-refractivity contribution is 0.0695. The zero-order valence-corrected chi connectivity index (χ0v) is 19.5. The second kappa shape index (κ2) is 11.0. The summed E-state index contributed by atoms with van der Waals surface area (Å²) >= 11 is 0. The third-order valence-electron chi connectivity index (χ3n) is 6.13. The van der Waals surface area contributed by atoms with Gasteiger partial charge in [-0.3, -0.25) is 10.3 Å². The number of benzene rings is 3. The Labute approximate surface area is 191 Å². The number of carbonyl (C=O) groups is 1. The molecule has 4 heteroatoms. The van der Waals surface area contributed by atoms with Crippen molar-refractivity contribution in [2.45, 2.75) is 53.4 Å². The van der Waals surface area contributed by atoms with E-state index in [2.05, 4.69) is 51.4 Å². The molecule has 3 aromatic carbocycles. The van der Waals surface area contributed by atoms with Gasteiger partial charge >= 0.3 is 5.97 Å². The van der Waals surface area contributed by atoms with E-state index in [0.717, 1.165) is 29.7 Å². The number of hydrogen-bond acceptors (Lipinski definition) is 3. The molecular formula is C28H33NO3. The Kier molecular flexibility index (Phi) is 8.07. The highest BCUT2D eigenvalue weighted by molar-refractivity contribution is 5.90. The maximum absolute atomic E-state index is 12.3. The van der Waals surface area contributed by atoms with Crippen LogP contribution in [0.15, 0.2) is 54.6 Å². The number of aromatic carboxylic acids is 1. The van der Waals surface area contributed by atoms with Crippen LogP contribution in [-0.2, 0) is 30.5 Å². The van der Waals surface area contributed by atoms with Gasteiger partial charge in [0.2, 0.25) is 0 Å². The van der Waals surface area contributed by atoms with Gasteiger partial charge in [0.25, 0.3) is 0 Å². The van der Waals surface area contributed by atoms with Crippen LogP contribution in [0.4, 0.5) is 5.69 Å². The van der Waals surface area contributed by atoms with Crippen molar-refractivity contribution in [2.24, 2.45) is 0 Å². The summed E-state index contributed by atoms with van der Waals surface area (Å²) in [5.41, 5.74) is 12.3. The van der Waals surface area contributed by atoms with Gasteiger partial charge in [-0.2, -0.15) is 0 Å². The van der Waals surface area contributed by atoms with Gasteiger partial charge in [0.05, 0.1) is 17.9 Å². The summed E-state index contributed by atoms with van der Waals surface area (Å²) in [6.45, 7) is 8.91. The first-order valence-electron chi connectivity index (χ1n) is 11.3. The largest absolute Gasteiger partial charge is 0.478 e. The van der Waals surface area contributed by atoms with Gasteiger partial charge in [0, 0.05) is 0 Å². The molecule has 0 aliphatic rings. The summed E-state index contributed by atoms with van der Waals surface area (Å²) in [4.78, 5) is 17.9. The molecule has 0 spiro atoms. The fraction of sp³-hybridized carbons (Fsp3) is 0.321. The zero-order chi connectivity index (χ0) is 23.1. The summed E-state index contributed by atoms with van der Waals surface area (Å²) in [6, 6.07) is 17.9. The van der Waals surface area contributed by atoms with Crippen molar-refractivity contribution in [1.82, 2.24) is 0 Å². The Morgan fingerprint density at radius 2 is 1.53 bits per heavy atom. The van der Waals surface area contributed by atoms with E-state index in [1.54, 1.807) is 0 Å². The molecular weight excluding hydrogens is 398 g/mol. The molecule has 0 saturated carbocycles. The third kappa shape index (κ3) is 5.38. The number of hydrogen-bond donors (Lipinski definition) is 2. The highest BCUT2D eigenvalue weighted by Gasteiger charge is 2.21. The lowest BCUT2D eigenvalue weighted by Gasteiger charge is -2.21. The molecule has 3 aromatic rings. The van der Waals surface area contributed by atoms with Gasteiger partial charge in [0.15, 0.2) is 0 Å². The molecule has 32 heavy (non-hydrogen) atoms. The van der Waals surface area contributed by atoms with E-state index in [4.69, 9.17) is 4.84 Å². The van der Waals surface area contributed by atoms with E-state index >= 15 is 0 Å². The highest BCUT2D eigenvalue weighted by atomic mass is 16.6. The second-order valence-electron chi connectivity index (χ2n) is 8.14. The van der Waals surface area contributed by atoms with Gasteiger partial charge in [-0.05, 0) is 96.7 Å². The number of para-hydroxylation sites is 1. The molecule has 0 unspecified atom stereocenters. The van der Waals surface area contributed by atoms with E-state index in [-0.39, 0.29) is 0 Å². The zero-order valence-electron chi connectivity index (χ0n) is 19.5. The minimum atomic E-state index is -0.867. The lowest BCUT2D eigenvalue weighted by atomic mass is 9.84. The van der Waals surface area contributed by atoms with Crippen LogP contribution < -0.4 is 5.48 Å². The van der Waals surface area contributed by atoms with Crippen molar-refractivity contribution in [3.63, 3.8) is 0 Å². The van der Waals surface area contributed by atoms with Crippen LogP contribution >= 0.6 is 0 Å². The standard InChI is InChI=1S/C28H33NO3/c1-5-23-21(15-16-32-29-22-13-8-7-9-14-22)17-27(28(30)31)26(24(23)6-2)18-25-19(3)11-10-12-20(25)4/h7-14,17,29H,5-6,15-16,18H2,1-4H3,(H,30,31). The second-order valence-corrected chi connectivity index (χ2v) is 8.14. The van der Waals surface area contributed by atoms with Crippen molar-refractivity contribution in [2.75, 3.05) is 12.1 Å². The van der Waals surface area contributed by atoms with Crippen LogP contribution in [0.3, 0.4) is 0 Å². The van der Waals surface area contributed by atoms with Crippen molar-refractivity contribution < 1.29 is 14.7 Å². The van der Waals surface area contributed by atoms with Crippen LogP contribution in [0.25, 0.3) is 0 Å². The monoisotopic (exact) mass is 431 g/mol. The molecule has 0 atom stereocenters. The molecule has 3 rings (SSSR count). The van der Waals surface area contributed by atoms with E-state index < -0.39 is 5.97 Å². The Morgan fingerprint density at radius 1 is 0.875 bits per heavy atom. The molecule has 0 amide bonds. The van der Waals surface area contributed by atoms with E-state index in [1.807, 2.05) is 36.4 Å². The number of nitrogens with one attached hydrogen (secondary N) is 1. The molecule has 0 fully saturated rings. The van der Waals surface area contributed by atoms with Crippen molar-refractivity contribution in [3.8, 4) is 0 Å². The Hall–Kier alpha value is -3.11.